The van der Waals surface area contributed by atoms with E-state index < -0.39 is 109 Å². The molecule has 8 fully saturated rings. The highest BCUT2D eigenvalue weighted by Gasteiger charge is 2.85. The molecule has 5 aliphatic carbocycles. The van der Waals surface area contributed by atoms with Gasteiger partial charge in [-0.05, 0) is 117 Å². The summed E-state index contributed by atoms with van der Waals surface area (Å²) in [4.78, 5) is 24.0. The van der Waals surface area contributed by atoms with Gasteiger partial charge in [-0.3, -0.25) is 9.59 Å². The van der Waals surface area contributed by atoms with Crippen molar-refractivity contribution in [2.75, 3.05) is 13.2 Å². The number of fused-ring (bicyclic) bond motifs is 2. The van der Waals surface area contributed by atoms with E-state index in [2.05, 4.69) is 34.6 Å². The number of rotatable bonds is 9. The molecule has 8 rings (SSSR count). The van der Waals surface area contributed by atoms with Gasteiger partial charge in [0, 0.05) is 19.8 Å². The Morgan fingerprint density at radius 2 is 1.44 bits per heavy atom. The minimum absolute atomic E-state index is 0.0686. The third kappa shape index (κ3) is 6.89. The Kier molecular flexibility index (Phi) is 11.5. The first-order chi connectivity index (χ1) is 28.3. The SMILES string of the molecule is CC(=O)O[C@@H]1[C@@H](O)[C@H](O[C@H]2CC[C@]34CC35CC[C@]3(C)C([C@]6(C)CC[C@@H](C(C)(C)O)O6)[C@@H](O)C[C@@]3(C)[C@@H]5C[C@H](O[C@@H]3O[C@H](CO)[C@@H](O)[C@H](O)[C@H]3O)[C@H]4C2(C)C)OC[C@H]1OC(C)=O. The molecule has 5 saturated carbocycles. The van der Waals surface area contributed by atoms with E-state index in [1.54, 1.807) is 13.8 Å². The molecule has 3 heterocycles. The predicted octanol–water partition coefficient (Wildman–Crippen LogP) is 1.87. The van der Waals surface area contributed by atoms with Crippen LogP contribution in [0.15, 0.2) is 0 Å². The summed E-state index contributed by atoms with van der Waals surface area (Å²) in [6.07, 6.45) is -7.78. The molecule has 21 atom stereocenters. The number of hydrogen-bond donors (Lipinski definition) is 7. The molecule has 0 amide bonds. The summed E-state index contributed by atoms with van der Waals surface area (Å²) in [5, 5.41) is 77.8. The largest absolute Gasteiger partial charge is 0.456 e. The Balaban J connectivity index is 1.13. The van der Waals surface area contributed by atoms with Crippen molar-refractivity contribution in [1.29, 1.82) is 0 Å². The Morgan fingerprint density at radius 3 is 2.07 bits per heavy atom. The summed E-state index contributed by atoms with van der Waals surface area (Å²) in [7, 11) is 0. The molecule has 16 nitrogen and oxygen atoms in total. The number of ether oxygens (including phenoxy) is 7. The fourth-order valence-corrected chi connectivity index (χ4v) is 15.5. The molecule has 2 spiro atoms. The van der Waals surface area contributed by atoms with Gasteiger partial charge in [-0.2, -0.15) is 0 Å². The third-order valence-electron chi connectivity index (χ3n) is 18.2. The molecule has 0 bridgehead atoms. The number of hydrogen-bond acceptors (Lipinski definition) is 16. The summed E-state index contributed by atoms with van der Waals surface area (Å²) in [6, 6.07) is 0. The van der Waals surface area contributed by atoms with Crippen molar-refractivity contribution in [3.05, 3.63) is 0 Å². The van der Waals surface area contributed by atoms with Gasteiger partial charge in [0.25, 0.3) is 0 Å². The van der Waals surface area contributed by atoms with Gasteiger partial charge >= 0.3 is 11.9 Å². The van der Waals surface area contributed by atoms with Crippen molar-refractivity contribution in [2.24, 2.45) is 44.8 Å². The summed E-state index contributed by atoms with van der Waals surface area (Å²) < 4.78 is 43.3. The monoisotopic (exact) mass is 868 g/mol. The van der Waals surface area contributed by atoms with Gasteiger partial charge in [0.2, 0.25) is 0 Å². The van der Waals surface area contributed by atoms with Crippen LogP contribution in [-0.4, -0.2) is 152 Å². The highest BCUT2D eigenvalue weighted by atomic mass is 16.7. The molecule has 61 heavy (non-hydrogen) atoms. The molecule has 0 radical (unpaired) electrons. The van der Waals surface area contributed by atoms with E-state index in [-0.39, 0.29) is 52.1 Å². The van der Waals surface area contributed by atoms with Crippen molar-refractivity contribution in [2.45, 2.75) is 211 Å². The van der Waals surface area contributed by atoms with E-state index in [0.29, 0.717) is 25.7 Å². The van der Waals surface area contributed by atoms with E-state index >= 15 is 0 Å². The van der Waals surface area contributed by atoms with Crippen molar-refractivity contribution < 1.29 is 78.5 Å². The fourth-order valence-electron chi connectivity index (χ4n) is 15.5. The molecule has 0 aromatic heterocycles. The Labute approximate surface area is 358 Å². The summed E-state index contributed by atoms with van der Waals surface area (Å²) in [5.74, 6) is -1.60. The fraction of sp³-hybridized carbons (Fsp3) is 0.956. The average molecular weight is 869 g/mol. The minimum Gasteiger partial charge on any atom is -0.456 e. The normalized spacial score (nSPS) is 53.8. The molecule has 0 aromatic rings. The topological polar surface area (TPSA) is 240 Å². The molecule has 3 aliphatic heterocycles. The van der Waals surface area contributed by atoms with Crippen LogP contribution in [0.5, 0.6) is 0 Å². The second-order valence-electron chi connectivity index (χ2n) is 22.2. The Hall–Kier alpha value is -1.54. The zero-order chi connectivity index (χ0) is 44.6. The summed E-state index contributed by atoms with van der Waals surface area (Å²) >= 11 is 0. The minimum atomic E-state index is -1.63. The van der Waals surface area contributed by atoms with Crippen LogP contribution in [0.1, 0.15) is 120 Å². The van der Waals surface area contributed by atoms with E-state index in [4.69, 9.17) is 33.2 Å². The standard InChI is InChI=1S/C45H72O16/c1-21(47)56-26-19-55-37(33(53)34(26)57-22(2)48)60-28-11-13-45-20-44(45)15-14-41(7)35(43(9)12-10-29(61-43)40(5,6)54)23(49)17-42(41,8)27(44)16-24(36(45)39(28,3)4)58-38-32(52)31(51)30(50)25(18-46)59-38/h23-38,46,49-54H,10-20H2,1-9H3/t23-,24-,25+,26+,27-,28-,29-,30+,31-,32+,33+,34-,35?,36-,37-,38+,41+,42-,43-,44?,45+/m0/s1. The number of aliphatic hydroxyl groups excluding tert-OH is 6. The van der Waals surface area contributed by atoms with Crippen LogP contribution >= 0.6 is 0 Å². The van der Waals surface area contributed by atoms with E-state index in [0.717, 1.165) is 32.1 Å². The number of aliphatic hydroxyl groups is 7. The Morgan fingerprint density at radius 1 is 0.754 bits per heavy atom. The molecular formula is C45H72O16. The number of esters is 2. The molecule has 8 aliphatic rings. The third-order valence-corrected chi connectivity index (χ3v) is 18.2. The lowest BCUT2D eigenvalue weighted by Crippen LogP contribution is -2.65. The predicted molar refractivity (Wildman–Crippen MR) is 213 cm³/mol. The lowest BCUT2D eigenvalue weighted by molar-refractivity contribution is -0.339. The van der Waals surface area contributed by atoms with E-state index in [1.165, 1.54) is 13.8 Å². The second kappa shape index (κ2) is 15.3. The van der Waals surface area contributed by atoms with Gasteiger partial charge in [0.05, 0.1) is 48.8 Å². The quantitative estimate of drug-likeness (QED) is 0.129. The zero-order valence-corrected chi connectivity index (χ0v) is 37.3. The zero-order valence-electron chi connectivity index (χ0n) is 37.3. The van der Waals surface area contributed by atoms with Crippen LogP contribution in [0.2, 0.25) is 0 Å². The highest BCUT2D eigenvalue weighted by molar-refractivity contribution is 5.67. The smallest absolute Gasteiger partial charge is 0.303 e. The van der Waals surface area contributed by atoms with Crippen molar-refractivity contribution in [3.8, 4) is 0 Å². The van der Waals surface area contributed by atoms with Crippen LogP contribution in [-0.2, 0) is 42.7 Å². The van der Waals surface area contributed by atoms with E-state index in [1.807, 2.05) is 0 Å². The van der Waals surface area contributed by atoms with Crippen LogP contribution in [0.3, 0.4) is 0 Å². The van der Waals surface area contributed by atoms with Gasteiger partial charge in [0.15, 0.2) is 24.8 Å². The van der Waals surface area contributed by atoms with Crippen molar-refractivity contribution in [3.63, 3.8) is 0 Å². The van der Waals surface area contributed by atoms with Gasteiger partial charge in [-0.25, -0.2) is 0 Å². The molecule has 7 N–H and O–H groups in total. The maximum Gasteiger partial charge on any atom is 0.303 e. The maximum atomic E-state index is 12.3. The summed E-state index contributed by atoms with van der Waals surface area (Å²) in [6.45, 7) is 16.2. The molecular weight excluding hydrogens is 796 g/mol. The van der Waals surface area contributed by atoms with Crippen LogP contribution in [0.25, 0.3) is 0 Å². The first-order valence-corrected chi connectivity index (χ1v) is 22.6. The Bertz CT molecular complexity index is 1680. The van der Waals surface area contributed by atoms with Gasteiger partial charge in [-0.15, -0.1) is 0 Å². The maximum absolute atomic E-state index is 12.3. The highest BCUT2D eigenvalue weighted by Crippen LogP contribution is 2.89. The van der Waals surface area contributed by atoms with Gasteiger partial charge < -0.3 is 68.9 Å². The van der Waals surface area contributed by atoms with Gasteiger partial charge in [-0.1, -0.05) is 27.7 Å². The number of carbonyl (C=O) groups excluding carboxylic acids is 2. The van der Waals surface area contributed by atoms with Crippen LogP contribution in [0, 0.1) is 44.8 Å². The van der Waals surface area contributed by atoms with E-state index in [9.17, 15) is 45.3 Å². The lowest BCUT2D eigenvalue weighted by atomic mass is 9.41. The van der Waals surface area contributed by atoms with Crippen molar-refractivity contribution in [1.82, 2.24) is 0 Å². The first kappa shape index (κ1) is 46.0. The van der Waals surface area contributed by atoms with Crippen molar-refractivity contribution >= 4 is 11.9 Å². The molecule has 3 saturated heterocycles. The lowest BCUT2D eigenvalue weighted by Gasteiger charge is -2.65. The first-order valence-electron chi connectivity index (χ1n) is 22.6. The summed E-state index contributed by atoms with van der Waals surface area (Å²) in [5.41, 5.74) is -3.43. The average Bonchev–Trinajstić information content (AvgIpc) is 3.52. The van der Waals surface area contributed by atoms with Crippen LogP contribution < -0.4 is 0 Å². The van der Waals surface area contributed by atoms with Gasteiger partial charge in [0.1, 0.15) is 30.5 Å². The second-order valence-corrected chi connectivity index (χ2v) is 22.2. The molecule has 16 heteroatoms. The molecule has 348 valence electrons. The molecule has 0 aromatic carbocycles. The molecule has 2 unspecified atom stereocenters. The number of carbonyl (C=O) groups is 2. The van der Waals surface area contributed by atoms with Crippen LogP contribution in [0.4, 0.5) is 0 Å².